The van der Waals surface area contributed by atoms with Crippen LogP contribution in [0.5, 0.6) is 0 Å². The zero-order valence-corrected chi connectivity index (χ0v) is 18.1. The normalized spacial score (nSPS) is 10.5. The molecule has 2 aromatic carbocycles. The molecule has 5 nitrogen and oxygen atoms in total. The zero-order valence-electron chi connectivity index (χ0n) is 16.4. The van der Waals surface area contributed by atoms with Crippen molar-refractivity contribution in [2.45, 2.75) is 10.6 Å². The predicted octanol–water partition coefficient (Wildman–Crippen LogP) is 5.94. The van der Waals surface area contributed by atoms with Gasteiger partial charge in [-0.3, -0.25) is 14.6 Å². The van der Waals surface area contributed by atoms with Crippen molar-refractivity contribution in [3.8, 4) is 0 Å². The van der Waals surface area contributed by atoms with Gasteiger partial charge in [0, 0.05) is 44.9 Å². The lowest BCUT2D eigenvalue weighted by Crippen LogP contribution is -2.14. The maximum atomic E-state index is 12.9. The SMILES string of the molecule is O=C(Nc1cccc(NC(=O)c2ccccc2SCc2cccs2)c1)c1ccncc1. The van der Waals surface area contributed by atoms with Gasteiger partial charge in [-0.2, -0.15) is 0 Å². The van der Waals surface area contributed by atoms with Crippen LogP contribution in [0.15, 0.2) is 95.5 Å². The highest BCUT2D eigenvalue weighted by Gasteiger charge is 2.13. The molecule has 7 heteroatoms. The van der Waals surface area contributed by atoms with Gasteiger partial charge in [0.2, 0.25) is 0 Å². The summed E-state index contributed by atoms with van der Waals surface area (Å²) in [5.41, 5.74) is 2.34. The smallest absolute Gasteiger partial charge is 0.256 e. The molecule has 0 saturated carbocycles. The molecule has 2 N–H and O–H groups in total. The molecule has 2 aromatic heterocycles. The van der Waals surface area contributed by atoms with Crippen LogP contribution in [0.1, 0.15) is 25.6 Å². The number of rotatable bonds is 7. The lowest BCUT2D eigenvalue weighted by molar-refractivity contribution is 0.101. The minimum absolute atomic E-state index is 0.188. The number of anilines is 2. The standard InChI is InChI=1S/C24H19N3O2S2/c28-23(17-10-12-25-13-11-17)26-18-5-3-6-19(15-18)27-24(29)21-8-1-2-9-22(21)31-16-20-7-4-14-30-20/h1-15H,16H2,(H,26,28)(H,27,29). The Kier molecular flexibility index (Phi) is 6.76. The molecule has 0 atom stereocenters. The number of benzene rings is 2. The van der Waals surface area contributed by atoms with Crippen molar-refractivity contribution in [3.63, 3.8) is 0 Å². The lowest BCUT2D eigenvalue weighted by Gasteiger charge is -2.11. The third kappa shape index (κ3) is 5.59. The molecule has 0 fully saturated rings. The van der Waals surface area contributed by atoms with Crippen LogP contribution in [0, 0.1) is 0 Å². The highest BCUT2D eigenvalue weighted by atomic mass is 32.2. The third-order valence-corrected chi connectivity index (χ3v) is 6.58. The molecular weight excluding hydrogens is 426 g/mol. The first-order valence-electron chi connectivity index (χ1n) is 9.56. The van der Waals surface area contributed by atoms with Crippen molar-refractivity contribution in [1.29, 1.82) is 0 Å². The number of carbonyl (C=O) groups excluding carboxylic acids is 2. The third-order valence-electron chi connectivity index (χ3n) is 4.40. The van der Waals surface area contributed by atoms with E-state index in [1.54, 1.807) is 71.9 Å². The van der Waals surface area contributed by atoms with E-state index in [-0.39, 0.29) is 11.8 Å². The Morgan fingerprint density at radius 1 is 0.839 bits per heavy atom. The molecule has 0 saturated heterocycles. The molecule has 2 heterocycles. The number of aromatic nitrogens is 1. The zero-order chi connectivity index (χ0) is 21.5. The summed E-state index contributed by atoms with van der Waals surface area (Å²) < 4.78 is 0. The van der Waals surface area contributed by atoms with Crippen LogP contribution in [0.2, 0.25) is 0 Å². The van der Waals surface area contributed by atoms with Gasteiger partial charge in [0.05, 0.1) is 5.56 Å². The second kappa shape index (κ2) is 10.1. The molecule has 0 spiro atoms. The first kappa shape index (κ1) is 20.8. The highest BCUT2D eigenvalue weighted by Crippen LogP contribution is 2.28. The van der Waals surface area contributed by atoms with E-state index < -0.39 is 0 Å². The molecule has 0 bridgehead atoms. The number of pyridine rings is 1. The minimum Gasteiger partial charge on any atom is -0.322 e. The van der Waals surface area contributed by atoms with Crippen LogP contribution in [-0.4, -0.2) is 16.8 Å². The van der Waals surface area contributed by atoms with E-state index >= 15 is 0 Å². The summed E-state index contributed by atoms with van der Waals surface area (Å²) in [6.07, 6.45) is 3.14. The summed E-state index contributed by atoms with van der Waals surface area (Å²) in [4.78, 5) is 31.4. The van der Waals surface area contributed by atoms with E-state index in [0.29, 0.717) is 22.5 Å². The predicted molar refractivity (Wildman–Crippen MR) is 127 cm³/mol. The number of nitrogens with zero attached hydrogens (tertiary/aromatic N) is 1. The Balaban J connectivity index is 1.44. The van der Waals surface area contributed by atoms with Crippen LogP contribution in [-0.2, 0) is 5.75 Å². The van der Waals surface area contributed by atoms with Crippen molar-refractivity contribution < 1.29 is 9.59 Å². The fourth-order valence-electron chi connectivity index (χ4n) is 2.90. The molecule has 31 heavy (non-hydrogen) atoms. The summed E-state index contributed by atoms with van der Waals surface area (Å²) in [5, 5.41) is 7.82. The fraction of sp³-hybridized carbons (Fsp3) is 0.0417. The largest absolute Gasteiger partial charge is 0.322 e. The van der Waals surface area contributed by atoms with Gasteiger partial charge in [0.15, 0.2) is 0 Å². The maximum absolute atomic E-state index is 12.9. The van der Waals surface area contributed by atoms with Crippen LogP contribution >= 0.6 is 23.1 Å². The van der Waals surface area contributed by atoms with Gasteiger partial charge >= 0.3 is 0 Å². The molecule has 0 unspecified atom stereocenters. The summed E-state index contributed by atoms with van der Waals surface area (Å²) in [6, 6.07) is 22.1. The van der Waals surface area contributed by atoms with Gasteiger partial charge in [-0.1, -0.05) is 24.3 Å². The van der Waals surface area contributed by atoms with E-state index in [2.05, 4.69) is 27.1 Å². The van der Waals surface area contributed by atoms with Gasteiger partial charge in [0.25, 0.3) is 11.8 Å². The molecule has 4 aromatic rings. The van der Waals surface area contributed by atoms with Gasteiger partial charge in [-0.25, -0.2) is 0 Å². The molecule has 0 radical (unpaired) electrons. The number of amides is 2. The van der Waals surface area contributed by atoms with Crippen molar-refractivity contribution in [1.82, 2.24) is 4.98 Å². The Morgan fingerprint density at radius 2 is 1.58 bits per heavy atom. The average Bonchev–Trinajstić information content (AvgIpc) is 3.32. The fourth-order valence-corrected chi connectivity index (χ4v) is 4.73. The number of hydrogen-bond donors (Lipinski definition) is 2. The van der Waals surface area contributed by atoms with Gasteiger partial charge < -0.3 is 10.6 Å². The molecule has 0 aliphatic heterocycles. The average molecular weight is 446 g/mol. The Hall–Kier alpha value is -3.42. The summed E-state index contributed by atoms with van der Waals surface area (Å²) in [5.74, 6) is 0.395. The minimum atomic E-state index is -0.235. The van der Waals surface area contributed by atoms with E-state index in [9.17, 15) is 9.59 Å². The first-order chi connectivity index (χ1) is 15.2. The van der Waals surface area contributed by atoms with Gasteiger partial charge in [-0.15, -0.1) is 23.1 Å². The number of carbonyl (C=O) groups is 2. The Labute approximate surface area is 188 Å². The molecular formula is C24H19N3O2S2. The number of thioether (sulfide) groups is 1. The van der Waals surface area contributed by atoms with Crippen molar-refractivity contribution >= 4 is 46.3 Å². The van der Waals surface area contributed by atoms with Crippen molar-refractivity contribution in [2.24, 2.45) is 0 Å². The number of hydrogen-bond acceptors (Lipinski definition) is 5. The highest BCUT2D eigenvalue weighted by molar-refractivity contribution is 7.98. The van der Waals surface area contributed by atoms with Crippen LogP contribution in [0.4, 0.5) is 11.4 Å². The van der Waals surface area contributed by atoms with Crippen LogP contribution in [0.25, 0.3) is 0 Å². The van der Waals surface area contributed by atoms with Crippen molar-refractivity contribution in [2.75, 3.05) is 10.6 Å². The Bertz CT molecular complexity index is 1180. The van der Waals surface area contributed by atoms with E-state index in [4.69, 9.17) is 0 Å². The summed E-state index contributed by atoms with van der Waals surface area (Å²) in [6.45, 7) is 0. The first-order valence-corrected chi connectivity index (χ1v) is 11.4. The molecule has 0 aliphatic rings. The molecule has 4 rings (SSSR count). The second-order valence-electron chi connectivity index (χ2n) is 6.59. The van der Waals surface area contributed by atoms with E-state index in [0.717, 1.165) is 10.6 Å². The monoisotopic (exact) mass is 445 g/mol. The summed E-state index contributed by atoms with van der Waals surface area (Å²) >= 11 is 3.34. The molecule has 154 valence electrons. The van der Waals surface area contributed by atoms with E-state index in [1.165, 1.54) is 4.88 Å². The van der Waals surface area contributed by atoms with E-state index in [1.807, 2.05) is 30.3 Å². The quantitative estimate of drug-likeness (QED) is 0.345. The topological polar surface area (TPSA) is 71.1 Å². The summed E-state index contributed by atoms with van der Waals surface area (Å²) in [7, 11) is 0. The number of thiophene rings is 1. The molecule has 2 amide bonds. The Morgan fingerprint density at radius 3 is 2.32 bits per heavy atom. The van der Waals surface area contributed by atoms with Crippen LogP contribution in [0.3, 0.4) is 0 Å². The van der Waals surface area contributed by atoms with Gasteiger partial charge in [0.1, 0.15) is 0 Å². The number of nitrogens with one attached hydrogen (secondary N) is 2. The molecule has 0 aliphatic carbocycles. The van der Waals surface area contributed by atoms with Gasteiger partial charge in [-0.05, 0) is 53.9 Å². The second-order valence-corrected chi connectivity index (χ2v) is 8.64. The van der Waals surface area contributed by atoms with Crippen molar-refractivity contribution in [3.05, 3.63) is 107 Å². The maximum Gasteiger partial charge on any atom is 0.256 e. The lowest BCUT2D eigenvalue weighted by atomic mass is 10.2. The van der Waals surface area contributed by atoms with Crippen LogP contribution < -0.4 is 10.6 Å².